The van der Waals surface area contributed by atoms with Gasteiger partial charge in [0.2, 0.25) is 0 Å². The molecule has 0 bridgehead atoms. The van der Waals surface area contributed by atoms with Crippen molar-refractivity contribution in [2.45, 2.75) is 25.2 Å². The summed E-state index contributed by atoms with van der Waals surface area (Å²) < 4.78 is 0. The summed E-state index contributed by atoms with van der Waals surface area (Å²) in [6.45, 7) is 2.17. The highest BCUT2D eigenvalue weighted by molar-refractivity contribution is 7.10. The zero-order chi connectivity index (χ0) is 8.60. The van der Waals surface area contributed by atoms with Crippen molar-refractivity contribution in [3.63, 3.8) is 0 Å². The highest BCUT2D eigenvalue weighted by Crippen LogP contribution is 2.49. The maximum atomic E-state index is 9.14. The fourth-order valence-electron chi connectivity index (χ4n) is 1.84. The normalized spacial score (nSPS) is 33.8. The molecule has 62 valence electrons. The maximum absolute atomic E-state index is 9.14. The molecule has 2 atom stereocenters. The summed E-state index contributed by atoms with van der Waals surface area (Å²) in [5.74, 6) is 0.543. The summed E-state index contributed by atoms with van der Waals surface area (Å²) in [7, 11) is 0. The van der Waals surface area contributed by atoms with Crippen LogP contribution in [0.25, 0.3) is 0 Å². The van der Waals surface area contributed by atoms with Crippen LogP contribution in [0.3, 0.4) is 0 Å². The van der Waals surface area contributed by atoms with Gasteiger partial charge >= 0.3 is 0 Å². The van der Waals surface area contributed by atoms with Crippen molar-refractivity contribution >= 4 is 11.3 Å². The van der Waals surface area contributed by atoms with Crippen molar-refractivity contribution in [3.05, 3.63) is 22.4 Å². The van der Waals surface area contributed by atoms with Crippen molar-refractivity contribution in [1.82, 2.24) is 0 Å². The molecule has 0 saturated heterocycles. The average molecular weight is 177 g/mol. The molecule has 0 N–H and O–H groups in total. The van der Waals surface area contributed by atoms with Gasteiger partial charge in [0.1, 0.15) is 0 Å². The van der Waals surface area contributed by atoms with Gasteiger partial charge in [-0.25, -0.2) is 0 Å². The predicted octanol–water partition coefficient (Wildman–Crippen LogP) is 2.94. The van der Waals surface area contributed by atoms with Crippen LogP contribution >= 0.6 is 11.3 Å². The van der Waals surface area contributed by atoms with Crippen LogP contribution in [0.5, 0.6) is 0 Å². The second-order valence-electron chi connectivity index (χ2n) is 3.50. The van der Waals surface area contributed by atoms with E-state index in [9.17, 15) is 0 Å². The molecule has 2 heteroatoms. The molecular weight excluding hydrogens is 166 g/mol. The number of nitrogens with zero attached hydrogens (tertiary/aromatic N) is 1. The van der Waals surface area contributed by atoms with Crippen LogP contribution in [-0.2, 0) is 5.41 Å². The van der Waals surface area contributed by atoms with E-state index < -0.39 is 0 Å². The molecule has 1 heterocycles. The Labute approximate surface area is 76.6 Å². The number of rotatable bonds is 1. The predicted molar refractivity (Wildman–Crippen MR) is 50.0 cm³/mol. The molecule has 0 aromatic carbocycles. The molecule has 1 fully saturated rings. The van der Waals surface area contributed by atoms with Gasteiger partial charge in [0.15, 0.2) is 0 Å². The van der Waals surface area contributed by atoms with Crippen LogP contribution in [0.4, 0.5) is 0 Å². The first-order valence-corrected chi connectivity index (χ1v) is 5.13. The van der Waals surface area contributed by atoms with Crippen molar-refractivity contribution in [1.29, 1.82) is 5.26 Å². The van der Waals surface area contributed by atoms with Gasteiger partial charge in [-0.3, -0.25) is 0 Å². The van der Waals surface area contributed by atoms with Crippen LogP contribution in [-0.4, -0.2) is 0 Å². The van der Waals surface area contributed by atoms with Crippen LogP contribution in [0.15, 0.2) is 17.5 Å². The molecule has 1 nitrogen and oxygen atoms in total. The van der Waals surface area contributed by atoms with Crippen molar-refractivity contribution < 1.29 is 0 Å². The lowest BCUT2D eigenvalue weighted by Crippen LogP contribution is -2.40. The first-order valence-electron chi connectivity index (χ1n) is 4.25. The van der Waals surface area contributed by atoms with E-state index in [1.165, 1.54) is 11.3 Å². The van der Waals surface area contributed by atoms with Crippen LogP contribution < -0.4 is 0 Å². The largest absolute Gasteiger partial charge is 0.197 e. The molecule has 1 aliphatic carbocycles. The lowest BCUT2D eigenvalue weighted by Gasteiger charge is -2.41. The van der Waals surface area contributed by atoms with E-state index in [4.69, 9.17) is 5.26 Å². The van der Waals surface area contributed by atoms with E-state index in [0.717, 1.165) is 6.42 Å². The van der Waals surface area contributed by atoms with Crippen molar-refractivity contribution in [2.75, 3.05) is 0 Å². The monoisotopic (exact) mass is 177 g/mol. The van der Waals surface area contributed by atoms with Crippen molar-refractivity contribution in [3.8, 4) is 6.07 Å². The molecule has 1 aliphatic rings. The van der Waals surface area contributed by atoms with Crippen molar-refractivity contribution in [2.24, 2.45) is 5.92 Å². The Bertz CT molecular complexity index is 309. The summed E-state index contributed by atoms with van der Waals surface area (Å²) in [4.78, 5) is 1.25. The quantitative estimate of drug-likeness (QED) is 0.647. The van der Waals surface area contributed by atoms with Gasteiger partial charge in [-0.1, -0.05) is 13.0 Å². The summed E-state index contributed by atoms with van der Waals surface area (Å²) in [5.41, 5.74) is -0.131. The van der Waals surface area contributed by atoms with Gasteiger partial charge in [-0.15, -0.1) is 11.3 Å². The Morgan fingerprint density at radius 3 is 2.92 bits per heavy atom. The number of hydrogen-bond donors (Lipinski definition) is 0. The van der Waals surface area contributed by atoms with Gasteiger partial charge < -0.3 is 0 Å². The minimum Gasteiger partial charge on any atom is -0.197 e. The van der Waals surface area contributed by atoms with Gasteiger partial charge in [-0.05, 0) is 30.2 Å². The van der Waals surface area contributed by atoms with Gasteiger partial charge in [0.05, 0.1) is 11.5 Å². The molecule has 0 radical (unpaired) electrons. The van der Waals surface area contributed by atoms with E-state index in [0.29, 0.717) is 5.92 Å². The first-order chi connectivity index (χ1) is 5.79. The van der Waals surface area contributed by atoms with E-state index in [1.54, 1.807) is 11.3 Å². The summed E-state index contributed by atoms with van der Waals surface area (Å²) >= 11 is 1.71. The molecule has 0 spiro atoms. The molecule has 12 heavy (non-hydrogen) atoms. The Morgan fingerprint density at radius 2 is 2.58 bits per heavy atom. The molecule has 0 amide bonds. The summed E-state index contributed by atoms with van der Waals surface area (Å²) in [5, 5.41) is 11.2. The highest BCUT2D eigenvalue weighted by Gasteiger charge is 2.46. The minimum atomic E-state index is -0.131. The Kier molecular flexibility index (Phi) is 1.69. The zero-order valence-corrected chi connectivity index (χ0v) is 7.90. The van der Waals surface area contributed by atoms with Gasteiger partial charge in [0, 0.05) is 4.88 Å². The number of thiophene rings is 1. The van der Waals surface area contributed by atoms with E-state index >= 15 is 0 Å². The zero-order valence-electron chi connectivity index (χ0n) is 7.08. The smallest absolute Gasteiger partial charge is 0.0940 e. The fourth-order valence-corrected chi connectivity index (χ4v) is 2.86. The highest BCUT2D eigenvalue weighted by atomic mass is 32.1. The van der Waals surface area contributed by atoms with Crippen LogP contribution in [0.1, 0.15) is 24.6 Å². The Balaban J connectivity index is 2.38. The molecule has 1 saturated carbocycles. The van der Waals surface area contributed by atoms with Gasteiger partial charge in [-0.2, -0.15) is 5.26 Å². The molecule has 1 aromatic rings. The number of nitriles is 1. The van der Waals surface area contributed by atoms with E-state index in [1.807, 2.05) is 6.07 Å². The second kappa shape index (κ2) is 2.60. The standard InChI is InChI=1S/C10H11NS/c1-8-4-5-10(8,7-11)9-3-2-6-12-9/h2-3,6,8H,4-5H2,1H3. The average Bonchev–Trinajstić information content (AvgIpc) is 2.57. The Morgan fingerprint density at radius 1 is 1.75 bits per heavy atom. The molecule has 2 unspecified atom stereocenters. The minimum absolute atomic E-state index is 0.131. The second-order valence-corrected chi connectivity index (χ2v) is 4.45. The Hall–Kier alpha value is -0.810. The summed E-state index contributed by atoms with van der Waals surface area (Å²) in [6.07, 6.45) is 2.25. The molecule has 1 aromatic heterocycles. The third-order valence-corrected chi connectivity index (χ3v) is 4.02. The van der Waals surface area contributed by atoms with Gasteiger partial charge in [0.25, 0.3) is 0 Å². The van der Waals surface area contributed by atoms with Crippen LogP contribution in [0, 0.1) is 17.2 Å². The van der Waals surface area contributed by atoms with Crippen LogP contribution in [0.2, 0.25) is 0 Å². The number of hydrogen-bond acceptors (Lipinski definition) is 2. The molecule has 0 aliphatic heterocycles. The lowest BCUT2D eigenvalue weighted by molar-refractivity contribution is 0.206. The fraction of sp³-hybridized carbons (Fsp3) is 0.500. The molecular formula is C10H11NS. The maximum Gasteiger partial charge on any atom is 0.0940 e. The third-order valence-electron chi connectivity index (χ3n) is 2.97. The van der Waals surface area contributed by atoms with E-state index in [-0.39, 0.29) is 5.41 Å². The molecule has 2 rings (SSSR count). The lowest BCUT2D eigenvalue weighted by atomic mass is 9.61. The third kappa shape index (κ3) is 0.834. The summed E-state index contributed by atoms with van der Waals surface area (Å²) in [6, 6.07) is 6.60. The van der Waals surface area contributed by atoms with E-state index in [2.05, 4.69) is 24.4 Å². The SMILES string of the molecule is CC1CCC1(C#N)c1cccs1. The first kappa shape index (κ1) is 7.82. The topological polar surface area (TPSA) is 23.8 Å².